The second kappa shape index (κ2) is 9.72. The number of hydrogen-bond donors (Lipinski definition) is 2. The Morgan fingerprint density at radius 3 is 2.54 bits per heavy atom. The molecule has 9 nitrogen and oxygen atoms in total. The number of nitrogens with zero attached hydrogens (tertiary/aromatic N) is 3. The number of benzene rings is 2. The maximum absolute atomic E-state index is 13.8. The first-order valence-corrected chi connectivity index (χ1v) is 12.5. The van der Waals surface area contributed by atoms with E-state index in [0.717, 1.165) is 36.1 Å². The van der Waals surface area contributed by atoms with Crippen molar-refractivity contribution in [3.05, 3.63) is 77.4 Å². The summed E-state index contributed by atoms with van der Waals surface area (Å²) in [4.78, 5) is 46.5. The molecule has 5 rings (SSSR count). The number of nitrogens with one attached hydrogen (secondary N) is 2. The standard InChI is InChI=1S/C28H31N5O4/c1-4-19-7-5-6-8-22(19)31-25(34)23-24-26(35)33(20-11-12-20)28(2,16-32(24)17-30-23)27(36)29-15-18-9-13-21(37-3)14-10-18/h5-10,13-14,17,20H,4,11-12,15-16H2,1-3H3,(H,29,36)(H,31,34)/t28-/m0/s1. The summed E-state index contributed by atoms with van der Waals surface area (Å²) in [6.45, 7) is 4.34. The Hall–Kier alpha value is -4.14. The van der Waals surface area contributed by atoms with Gasteiger partial charge in [-0.3, -0.25) is 14.4 Å². The maximum Gasteiger partial charge on any atom is 0.276 e. The van der Waals surface area contributed by atoms with Crippen LogP contribution in [0.2, 0.25) is 0 Å². The van der Waals surface area contributed by atoms with E-state index in [2.05, 4.69) is 15.6 Å². The fourth-order valence-corrected chi connectivity index (χ4v) is 4.97. The average molecular weight is 502 g/mol. The number of aryl methyl sites for hydroxylation is 1. The Morgan fingerprint density at radius 2 is 1.86 bits per heavy atom. The van der Waals surface area contributed by atoms with Crippen LogP contribution < -0.4 is 15.4 Å². The van der Waals surface area contributed by atoms with Crippen molar-refractivity contribution in [2.24, 2.45) is 0 Å². The average Bonchev–Trinajstić information content (AvgIpc) is 3.65. The SMILES string of the molecule is CCc1ccccc1NC(=O)c1ncn2c1C(=O)N(C1CC1)[C@](C)(C(=O)NCc1ccc(OC)cc1)C2. The Kier molecular flexibility index (Phi) is 6.45. The fraction of sp³-hybridized carbons (Fsp3) is 0.357. The lowest BCUT2D eigenvalue weighted by Crippen LogP contribution is -2.64. The Balaban J connectivity index is 1.39. The lowest BCUT2D eigenvalue weighted by Gasteiger charge is -2.44. The van der Waals surface area contributed by atoms with Gasteiger partial charge >= 0.3 is 0 Å². The van der Waals surface area contributed by atoms with Gasteiger partial charge in [0.1, 0.15) is 17.0 Å². The highest BCUT2D eigenvalue weighted by molar-refractivity contribution is 6.12. The van der Waals surface area contributed by atoms with Gasteiger partial charge in [0, 0.05) is 18.3 Å². The lowest BCUT2D eigenvalue weighted by molar-refractivity contribution is -0.133. The van der Waals surface area contributed by atoms with Gasteiger partial charge in [0.05, 0.1) is 20.0 Å². The first-order chi connectivity index (χ1) is 17.9. The van der Waals surface area contributed by atoms with Crippen LogP contribution in [0.1, 0.15) is 58.8 Å². The monoisotopic (exact) mass is 501 g/mol. The summed E-state index contributed by atoms with van der Waals surface area (Å²) >= 11 is 0. The van der Waals surface area contributed by atoms with Crippen molar-refractivity contribution >= 4 is 23.4 Å². The van der Waals surface area contributed by atoms with E-state index in [1.807, 2.05) is 55.5 Å². The molecule has 37 heavy (non-hydrogen) atoms. The second-order valence-corrected chi connectivity index (χ2v) is 9.75. The first-order valence-electron chi connectivity index (χ1n) is 12.5. The zero-order valence-electron chi connectivity index (χ0n) is 21.3. The molecule has 2 aliphatic rings. The Labute approximate surface area is 215 Å². The van der Waals surface area contributed by atoms with Crippen molar-refractivity contribution in [3.63, 3.8) is 0 Å². The van der Waals surface area contributed by atoms with E-state index in [-0.39, 0.29) is 35.8 Å². The number of rotatable bonds is 8. The van der Waals surface area contributed by atoms with Gasteiger partial charge in [0.2, 0.25) is 5.91 Å². The van der Waals surface area contributed by atoms with E-state index in [4.69, 9.17) is 4.74 Å². The van der Waals surface area contributed by atoms with Crippen LogP contribution in [0.4, 0.5) is 5.69 Å². The number of hydrogen-bond acceptors (Lipinski definition) is 5. The van der Waals surface area contributed by atoms with Gasteiger partial charge < -0.3 is 24.8 Å². The van der Waals surface area contributed by atoms with Crippen molar-refractivity contribution in [3.8, 4) is 5.75 Å². The van der Waals surface area contributed by atoms with Crippen LogP contribution in [0, 0.1) is 0 Å². The molecule has 2 heterocycles. The zero-order chi connectivity index (χ0) is 26.2. The van der Waals surface area contributed by atoms with Gasteiger partial charge in [-0.1, -0.05) is 37.3 Å². The number of aromatic nitrogens is 2. The molecule has 3 amide bonds. The van der Waals surface area contributed by atoms with E-state index < -0.39 is 11.4 Å². The highest BCUT2D eigenvalue weighted by Gasteiger charge is 2.53. The van der Waals surface area contributed by atoms with Gasteiger partial charge in [-0.25, -0.2) is 4.98 Å². The molecule has 0 unspecified atom stereocenters. The number of carbonyl (C=O) groups is 3. The third-order valence-electron chi connectivity index (χ3n) is 7.14. The molecule has 3 aromatic rings. The topological polar surface area (TPSA) is 106 Å². The third kappa shape index (κ3) is 4.57. The van der Waals surface area contributed by atoms with Crippen LogP contribution in [-0.4, -0.2) is 50.9 Å². The van der Waals surface area contributed by atoms with E-state index in [1.54, 1.807) is 23.5 Å². The molecule has 1 aliphatic heterocycles. The molecule has 0 saturated heterocycles. The molecular weight excluding hydrogens is 470 g/mol. The first kappa shape index (κ1) is 24.5. The number of anilines is 1. The van der Waals surface area contributed by atoms with Gasteiger partial charge in [-0.05, 0) is 55.5 Å². The van der Waals surface area contributed by atoms with Crippen LogP contribution in [0.25, 0.3) is 0 Å². The maximum atomic E-state index is 13.8. The summed E-state index contributed by atoms with van der Waals surface area (Å²) in [6.07, 6.45) is 3.89. The molecule has 1 saturated carbocycles. The summed E-state index contributed by atoms with van der Waals surface area (Å²) in [5.41, 5.74) is 1.80. The highest BCUT2D eigenvalue weighted by Crippen LogP contribution is 2.39. The molecule has 9 heteroatoms. The summed E-state index contributed by atoms with van der Waals surface area (Å²) in [5.74, 6) is -0.287. The minimum absolute atomic E-state index is 0.0374. The van der Waals surface area contributed by atoms with Crippen molar-refractivity contribution in [1.29, 1.82) is 0 Å². The van der Waals surface area contributed by atoms with Crippen LogP contribution >= 0.6 is 0 Å². The van der Waals surface area contributed by atoms with E-state index in [0.29, 0.717) is 12.2 Å². The fourth-order valence-electron chi connectivity index (χ4n) is 4.97. The Bertz CT molecular complexity index is 1340. The summed E-state index contributed by atoms with van der Waals surface area (Å²) < 4.78 is 6.83. The summed E-state index contributed by atoms with van der Waals surface area (Å²) in [7, 11) is 1.60. The molecule has 192 valence electrons. The van der Waals surface area contributed by atoms with E-state index in [1.165, 1.54) is 6.33 Å². The highest BCUT2D eigenvalue weighted by atomic mass is 16.5. The van der Waals surface area contributed by atoms with Crippen LogP contribution in [0.3, 0.4) is 0 Å². The molecular formula is C28H31N5O4. The van der Waals surface area contributed by atoms with E-state index >= 15 is 0 Å². The number of imidazole rings is 1. The molecule has 2 N–H and O–H groups in total. The van der Waals surface area contributed by atoms with Crippen molar-refractivity contribution < 1.29 is 19.1 Å². The minimum Gasteiger partial charge on any atom is -0.497 e. The zero-order valence-corrected chi connectivity index (χ0v) is 21.3. The van der Waals surface area contributed by atoms with Gasteiger partial charge in [-0.15, -0.1) is 0 Å². The molecule has 0 radical (unpaired) electrons. The van der Waals surface area contributed by atoms with Gasteiger partial charge in [0.15, 0.2) is 5.69 Å². The summed E-state index contributed by atoms with van der Waals surface area (Å²) in [5, 5.41) is 5.91. The molecule has 1 aliphatic carbocycles. The molecule has 1 atom stereocenters. The number of methoxy groups -OCH3 is 1. The number of ether oxygens (including phenoxy) is 1. The smallest absolute Gasteiger partial charge is 0.276 e. The molecule has 1 fully saturated rings. The summed E-state index contributed by atoms with van der Waals surface area (Å²) in [6, 6.07) is 15.0. The van der Waals surface area contributed by atoms with E-state index in [9.17, 15) is 14.4 Å². The number of amides is 3. The minimum atomic E-state index is -1.11. The van der Waals surface area contributed by atoms with Gasteiger partial charge in [0.25, 0.3) is 11.8 Å². The third-order valence-corrected chi connectivity index (χ3v) is 7.14. The largest absolute Gasteiger partial charge is 0.497 e. The molecule has 0 spiro atoms. The normalized spacial score (nSPS) is 18.8. The lowest BCUT2D eigenvalue weighted by atomic mass is 9.93. The number of para-hydroxylation sites is 1. The predicted molar refractivity (Wildman–Crippen MR) is 138 cm³/mol. The predicted octanol–water partition coefficient (Wildman–Crippen LogP) is 3.40. The van der Waals surface area contributed by atoms with Crippen molar-refractivity contribution in [1.82, 2.24) is 19.8 Å². The van der Waals surface area contributed by atoms with Crippen LogP contribution in [0.5, 0.6) is 5.75 Å². The van der Waals surface area contributed by atoms with Crippen molar-refractivity contribution in [2.75, 3.05) is 12.4 Å². The number of fused-ring (bicyclic) bond motifs is 1. The van der Waals surface area contributed by atoms with Crippen LogP contribution in [0.15, 0.2) is 54.9 Å². The molecule has 1 aromatic heterocycles. The van der Waals surface area contributed by atoms with Crippen molar-refractivity contribution in [2.45, 2.75) is 57.8 Å². The quantitative estimate of drug-likeness (QED) is 0.492. The van der Waals surface area contributed by atoms with Gasteiger partial charge in [-0.2, -0.15) is 0 Å². The Morgan fingerprint density at radius 1 is 1.14 bits per heavy atom. The van der Waals surface area contributed by atoms with Crippen LogP contribution in [-0.2, 0) is 24.3 Å². The molecule has 2 aromatic carbocycles. The second-order valence-electron chi connectivity index (χ2n) is 9.75. The molecule has 0 bridgehead atoms. The number of carbonyl (C=O) groups excluding carboxylic acids is 3.